The van der Waals surface area contributed by atoms with E-state index in [-0.39, 0.29) is 24.0 Å². The topological polar surface area (TPSA) is 89.7 Å². The molecule has 1 aliphatic rings. The van der Waals surface area contributed by atoms with Gasteiger partial charge in [-0.3, -0.25) is 4.79 Å². The van der Waals surface area contributed by atoms with E-state index in [1.807, 2.05) is 88.4 Å². The lowest BCUT2D eigenvalue weighted by Gasteiger charge is -2.34. The molecule has 5 rings (SSSR count). The summed E-state index contributed by atoms with van der Waals surface area (Å²) < 4.78 is 6.08. The third kappa shape index (κ3) is 7.68. The van der Waals surface area contributed by atoms with Crippen LogP contribution >= 0.6 is 0 Å². The number of para-hydroxylation sites is 1. The van der Waals surface area contributed by atoms with Crippen molar-refractivity contribution in [3.8, 4) is 5.75 Å². The number of H-pyrrole nitrogens is 1. The number of likely N-dealkylation sites (tertiary alicyclic amines) is 1. The van der Waals surface area contributed by atoms with E-state index in [4.69, 9.17) is 4.74 Å². The van der Waals surface area contributed by atoms with Crippen LogP contribution in [0.2, 0.25) is 0 Å². The molecule has 1 saturated heterocycles. The summed E-state index contributed by atoms with van der Waals surface area (Å²) in [4.78, 5) is 35.3. The molecule has 1 aromatic heterocycles. The molecule has 0 radical (unpaired) electrons. The number of fused-ring (bicyclic) bond motifs is 1. The Morgan fingerprint density at radius 1 is 1.00 bits per heavy atom. The second-order valence-electron chi connectivity index (χ2n) is 12.8. The zero-order valence-electron chi connectivity index (χ0n) is 27.4. The van der Waals surface area contributed by atoms with Crippen molar-refractivity contribution in [1.82, 2.24) is 20.1 Å². The lowest BCUT2D eigenvalue weighted by molar-refractivity contribution is -0.118. The summed E-state index contributed by atoms with van der Waals surface area (Å²) in [5, 5.41) is 7.32. The van der Waals surface area contributed by atoms with Gasteiger partial charge in [-0.15, -0.1) is 0 Å². The predicted octanol–water partition coefficient (Wildman–Crippen LogP) is 7.03. The van der Waals surface area contributed by atoms with Gasteiger partial charge in [-0.25, -0.2) is 4.79 Å². The number of aryl methyl sites for hydroxylation is 1. The Balaban J connectivity index is 1.39. The van der Waals surface area contributed by atoms with Crippen LogP contribution in [0.1, 0.15) is 67.7 Å². The van der Waals surface area contributed by atoms with E-state index in [2.05, 4.69) is 51.7 Å². The summed E-state index contributed by atoms with van der Waals surface area (Å²) in [6.07, 6.45) is 3.66. The molecule has 2 atom stereocenters. The number of piperidine rings is 1. The Kier molecular flexibility index (Phi) is 10.1. The Labute approximate surface area is 267 Å². The van der Waals surface area contributed by atoms with Crippen LogP contribution in [0, 0.1) is 6.92 Å². The van der Waals surface area contributed by atoms with Gasteiger partial charge in [-0.1, -0.05) is 55.5 Å². The first-order valence-electron chi connectivity index (χ1n) is 16.0. The molecule has 0 aliphatic carbocycles. The number of nitrogens with zero attached hydrogens (tertiary/aromatic N) is 2. The number of carbonyl (C=O) groups excluding carboxylic acids is 2. The summed E-state index contributed by atoms with van der Waals surface area (Å²) in [6, 6.07) is 21.4. The molecule has 0 unspecified atom stereocenters. The van der Waals surface area contributed by atoms with E-state index in [0.717, 1.165) is 41.4 Å². The monoisotopic (exact) mass is 609 g/mol. The van der Waals surface area contributed by atoms with Crippen molar-refractivity contribution in [3.05, 3.63) is 95.2 Å². The first kappa shape index (κ1) is 32.1. The van der Waals surface area contributed by atoms with Crippen molar-refractivity contribution in [2.75, 3.05) is 32.5 Å². The molecule has 45 heavy (non-hydrogen) atoms. The molecule has 2 heterocycles. The van der Waals surface area contributed by atoms with E-state index in [0.29, 0.717) is 30.4 Å². The highest BCUT2D eigenvalue weighted by Crippen LogP contribution is 2.33. The second-order valence-corrected chi connectivity index (χ2v) is 12.8. The van der Waals surface area contributed by atoms with Crippen molar-refractivity contribution in [1.29, 1.82) is 0 Å². The zero-order valence-corrected chi connectivity index (χ0v) is 27.4. The maximum absolute atomic E-state index is 14.2. The van der Waals surface area contributed by atoms with Crippen LogP contribution in [0.4, 0.5) is 10.5 Å². The van der Waals surface area contributed by atoms with Gasteiger partial charge in [0.1, 0.15) is 11.8 Å². The van der Waals surface area contributed by atoms with Crippen molar-refractivity contribution >= 4 is 28.5 Å². The van der Waals surface area contributed by atoms with E-state index < -0.39 is 6.04 Å². The minimum Gasteiger partial charge on any atom is -0.489 e. The second kappa shape index (κ2) is 14.2. The fraction of sp³-hybridized carbons (Fsp3) is 0.405. The van der Waals surface area contributed by atoms with Crippen molar-refractivity contribution < 1.29 is 14.3 Å². The number of hydrogen-bond donors (Lipinski definition) is 3. The van der Waals surface area contributed by atoms with Crippen LogP contribution in [0.3, 0.4) is 0 Å². The first-order chi connectivity index (χ1) is 21.6. The van der Waals surface area contributed by atoms with Gasteiger partial charge >= 0.3 is 6.03 Å². The SMILES string of the molecule is Cc1ccccc1C1CCN(C(=O)N[C@@H](C(=O)Nc2cc(CN(C)C)ccc2OC(C)C)[C@@H](C)c2c[nH]c3ccccc23)CC1. The van der Waals surface area contributed by atoms with Crippen molar-refractivity contribution in [2.45, 2.75) is 71.1 Å². The number of benzene rings is 3. The summed E-state index contributed by atoms with van der Waals surface area (Å²) in [7, 11) is 4.02. The molecule has 0 saturated carbocycles. The van der Waals surface area contributed by atoms with Gasteiger partial charge in [0.05, 0.1) is 11.8 Å². The summed E-state index contributed by atoms with van der Waals surface area (Å²) in [5.41, 5.74) is 6.26. The van der Waals surface area contributed by atoms with E-state index in [1.54, 1.807) is 0 Å². The van der Waals surface area contributed by atoms with E-state index in [1.165, 1.54) is 11.1 Å². The molecule has 238 valence electrons. The fourth-order valence-corrected chi connectivity index (χ4v) is 6.44. The molecule has 3 N–H and O–H groups in total. The van der Waals surface area contributed by atoms with Gasteiger partial charge in [-0.05, 0) is 94.1 Å². The number of nitrogens with one attached hydrogen (secondary N) is 3. The fourth-order valence-electron chi connectivity index (χ4n) is 6.44. The quantitative estimate of drug-likeness (QED) is 0.180. The van der Waals surface area contributed by atoms with Crippen LogP contribution in [0.5, 0.6) is 5.75 Å². The Morgan fingerprint density at radius 2 is 1.71 bits per heavy atom. The van der Waals surface area contributed by atoms with Crippen LogP contribution in [-0.2, 0) is 11.3 Å². The molecule has 0 bridgehead atoms. The minimum absolute atomic E-state index is 0.0661. The summed E-state index contributed by atoms with van der Waals surface area (Å²) >= 11 is 0. The maximum atomic E-state index is 14.2. The third-order valence-electron chi connectivity index (χ3n) is 8.75. The number of amides is 3. The third-order valence-corrected chi connectivity index (χ3v) is 8.75. The number of ether oxygens (including phenoxy) is 1. The number of rotatable bonds is 10. The number of aromatic amines is 1. The van der Waals surface area contributed by atoms with Crippen LogP contribution in [0.15, 0.2) is 72.9 Å². The average molecular weight is 610 g/mol. The van der Waals surface area contributed by atoms with Gasteiger partial charge in [-0.2, -0.15) is 0 Å². The Morgan fingerprint density at radius 3 is 2.42 bits per heavy atom. The van der Waals surface area contributed by atoms with Crippen molar-refractivity contribution in [2.24, 2.45) is 0 Å². The van der Waals surface area contributed by atoms with Crippen LogP contribution in [-0.4, -0.2) is 66.1 Å². The summed E-state index contributed by atoms with van der Waals surface area (Å²) in [6.45, 7) is 10.1. The van der Waals surface area contributed by atoms with Crippen molar-refractivity contribution in [3.63, 3.8) is 0 Å². The van der Waals surface area contributed by atoms with Gasteiger partial charge in [0, 0.05) is 42.7 Å². The molecule has 0 spiro atoms. The predicted molar refractivity (Wildman–Crippen MR) is 182 cm³/mol. The molecule has 1 aliphatic heterocycles. The van der Waals surface area contributed by atoms with Gasteiger partial charge in [0.15, 0.2) is 0 Å². The van der Waals surface area contributed by atoms with Crippen LogP contribution in [0.25, 0.3) is 10.9 Å². The lowest BCUT2D eigenvalue weighted by Crippen LogP contribution is -2.53. The Hall–Kier alpha value is -4.30. The number of urea groups is 1. The van der Waals surface area contributed by atoms with E-state index in [9.17, 15) is 9.59 Å². The molecule has 3 amide bonds. The molecule has 3 aromatic carbocycles. The standard InChI is InChI=1S/C37H47N5O3/c1-24(2)45-34-16-15-27(23-41(5)6)21-33(34)39-36(43)35(26(4)31-22-38-32-14-10-9-13-30(31)32)40-37(44)42-19-17-28(18-20-42)29-12-8-7-11-25(29)3/h7-16,21-22,24,26,28,35,38H,17-20,23H2,1-6H3,(H,39,43)(H,40,44)/t26-,35+/m0/s1. The van der Waals surface area contributed by atoms with Crippen LogP contribution < -0.4 is 15.4 Å². The number of aromatic nitrogens is 1. The lowest BCUT2D eigenvalue weighted by atomic mass is 9.87. The normalized spacial score (nSPS) is 15.3. The highest BCUT2D eigenvalue weighted by Gasteiger charge is 2.33. The first-order valence-corrected chi connectivity index (χ1v) is 16.0. The highest BCUT2D eigenvalue weighted by atomic mass is 16.5. The minimum atomic E-state index is -0.824. The van der Waals surface area contributed by atoms with Gasteiger partial charge < -0.3 is 30.2 Å². The maximum Gasteiger partial charge on any atom is 0.318 e. The van der Waals surface area contributed by atoms with Gasteiger partial charge in [0.25, 0.3) is 0 Å². The number of carbonyl (C=O) groups is 2. The smallest absolute Gasteiger partial charge is 0.318 e. The molecule has 8 heteroatoms. The summed E-state index contributed by atoms with van der Waals surface area (Å²) in [5.74, 6) is 0.429. The molecule has 8 nitrogen and oxygen atoms in total. The number of anilines is 1. The van der Waals surface area contributed by atoms with Gasteiger partial charge in [0.2, 0.25) is 5.91 Å². The largest absolute Gasteiger partial charge is 0.489 e. The van der Waals surface area contributed by atoms with E-state index >= 15 is 0 Å². The molecule has 1 fully saturated rings. The number of hydrogen-bond acceptors (Lipinski definition) is 4. The molecular weight excluding hydrogens is 562 g/mol. The average Bonchev–Trinajstić information content (AvgIpc) is 3.45. The molecular formula is C37H47N5O3. The Bertz CT molecular complexity index is 1620. The molecule has 4 aromatic rings. The zero-order chi connectivity index (χ0) is 32.1. The highest BCUT2D eigenvalue weighted by molar-refractivity contribution is 5.99.